The maximum atomic E-state index is 12.6. The molecular weight excluding hydrogens is 252 g/mol. The number of nitrogens with zero attached hydrogens (tertiary/aromatic N) is 4. The van der Waals surface area contributed by atoms with E-state index in [0.29, 0.717) is 5.69 Å². The molecule has 0 aromatic carbocycles. The SMILES string of the molecule is CC(c1cccnc1)N(C)C(=O)c1ccnn1C(C)C. The van der Waals surface area contributed by atoms with Gasteiger partial charge in [-0.05, 0) is 38.5 Å². The Bertz CT molecular complexity index is 577. The van der Waals surface area contributed by atoms with Gasteiger partial charge in [0.25, 0.3) is 5.91 Å². The number of amides is 1. The normalized spacial score (nSPS) is 12.4. The number of carbonyl (C=O) groups is 1. The van der Waals surface area contributed by atoms with Gasteiger partial charge in [0, 0.05) is 31.7 Å². The zero-order valence-electron chi connectivity index (χ0n) is 12.3. The number of rotatable bonds is 4. The van der Waals surface area contributed by atoms with Crippen LogP contribution in [0.15, 0.2) is 36.8 Å². The van der Waals surface area contributed by atoms with Gasteiger partial charge in [0.2, 0.25) is 0 Å². The van der Waals surface area contributed by atoms with Crippen molar-refractivity contribution < 1.29 is 4.79 Å². The lowest BCUT2D eigenvalue weighted by Gasteiger charge is -2.25. The molecule has 5 nitrogen and oxygen atoms in total. The first-order valence-corrected chi connectivity index (χ1v) is 6.73. The summed E-state index contributed by atoms with van der Waals surface area (Å²) in [4.78, 5) is 18.4. The molecule has 0 spiro atoms. The smallest absolute Gasteiger partial charge is 0.272 e. The van der Waals surface area contributed by atoms with Crippen molar-refractivity contribution in [1.29, 1.82) is 0 Å². The van der Waals surface area contributed by atoms with E-state index in [2.05, 4.69) is 10.1 Å². The van der Waals surface area contributed by atoms with Crippen molar-refractivity contribution in [1.82, 2.24) is 19.7 Å². The lowest BCUT2D eigenvalue weighted by atomic mass is 10.1. The number of hydrogen-bond donors (Lipinski definition) is 0. The van der Waals surface area contributed by atoms with Gasteiger partial charge >= 0.3 is 0 Å². The molecule has 2 rings (SSSR count). The summed E-state index contributed by atoms with van der Waals surface area (Å²) in [6.45, 7) is 6.01. The van der Waals surface area contributed by atoms with E-state index in [1.807, 2.05) is 32.9 Å². The molecular formula is C15H20N4O. The third-order valence-electron chi connectivity index (χ3n) is 3.45. The van der Waals surface area contributed by atoms with Crippen LogP contribution in [0.2, 0.25) is 0 Å². The Morgan fingerprint density at radius 3 is 2.60 bits per heavy atom. The summed E-state index contributed by atoms with van der Waals surface area (Å²) in [7, 11) is 1.80. The zero-order valence-corrected chi connectivity index (χ0v) is 12.3. The van der Waals surface area contributed by atoms with Crippen LogP contribution in [0.25, 0.3) is 0 Å². The molecule has 1 atom stereocenters. The van der Waals surface area contributed by atoms with Gasteiger partial charge in [-0.1, -0.05) is 6.07 Å². The maximum absolute atomic E-state index is 12.6. The molecule has 1 unspecified atom stereocenters. The highest BCUT2D eigenvalue weighted by Crippen LogP contribution is 2.20. The van der Waals surface area contributed by atoms with E-state index in [9.17, 15) is 4.79 Å². The molecule has 2 aromatic rings. The van der Waals surface area contributed by atoms with Crippen molar-refractivity contribution in [3.63, 3.8) is 0 Å². The first-order chi connectivity index (χ1) is 9.52. The second kappa shape index (κ2) is 5.86. The molecule has 0 aliphatic rings. The van der Waals surface area contributed by atoms with E-state index in [-0.39, 0.29) is 18.0 Å². The van der Waals surface area contributed by atoms with Crippen LogP contribution in [0.3, 0.4) is 0 Å². The van der Waals surface area contributed by atoms with Gasteiger partial charge in [0.15, 0.2) is 0 Å². The van der Waals surface area contributed by atoms with Gasteiger partial charge in [0.05, 0.1) is 6.04 Å². The quantitative estimate of drug-likeness (QED) is 0.860. The van der Waals surface area contributed by atoms with Crippen LogP contribution in [-0.4, -0.2) is 32.6 Å². The zero-order chi connectivity index (χ0) is 14.7. The Balaban J connectivity index is 2.22. The fourth-order valence-corrected chi connectivity index (χ4v) is 2.10. The maximum Gasteiger partial charge on any atom is 0.272 e. The summed E-state index contributed by atoms with van der Waals surface area (Å²) in [5, 5.41) is 4.21. The number of aromatic nitrogens is 3. The molecule has 106 valence electrons. The van der Waals surface area contributed by atoms with E-state index in [1.165, 1.54) is 0 Å². The summed E-state index contributed by atoms with van der Waals surface area (Å²) in [5.74, 6) is -0.0347. The largest absolute Gasteiger partial charge is 0.334 e. The minimum atomic E-state index is -0.0355. The Kier molecular flexibility index (Phi) is 4.17. The first-order valence-electron chi connectivity index (χ1n) is 6.73. The average Bonchev–Trinajstić information content (AvgIpc) is 2.95. The lowest BCUT2D eigenvalue weighted by Crippen LogP contribution is -2.31. The second-order valence-corrected chi connectivity index (χ2v) is 5.13. The summed E-state index contributed by atoms with van der Waals surface area (Å²) >= 11 is 0. The highest BCUT2D eigenvalue weighted by atomic mass is 16.2. The summed E-state index contributed by atoms with van der Waals surface area (Å²) in [6.07, 6.45) is 5.18. The highest BCUT2D eigenvalue weighted by molar-refractivity contribution is 5.92. The average molecular weight is 272 g/mol. The Labute approximate surface area is 119 Å². The molecule has 0 N–H and O–H groups in total. The lowest BCUT2D eigenvalue weighted by molar-refractivity contribution is 0.0727. The van der Waals surface area contributed by atoms with Crippen LogP contribution in [-0.2, 0) is 0 Å². The third kappa shape index (κ3) is 2.71. The Hall–Kier alpha value is -2.17. The molecule has 0 saturated heterocycles. The van der Waals surface area contributed by atoms with E-state index < -0.39 is 0 Å². The predicted octanol–water partition coefficient (Wildman–Crippen LogP) is 2.69. The van der Waals surface area contributed by atoms with Crippen LogP contribution < -0.4 is 0 Å². The van der Waals surface area contributed by atoms with Crippen LogP contribution in [0, 0.1) is 0 Å². The molecule has 0 aliphatic heterocycles. The topological polar surface area (TPSA) is 51.0 Å². The van der Waals surface area contributed by atoms with E-state index in [0.717, 1.165) is 5.56 Å². The minimum Gasteiger partial charge on any atom is -0.334 e. The monoisotopic (exact) mass is 272 g/mol. The van der Waals surface area contributed by atoms with Crippen molar-refractivity contribution in [2.24, 2.45) is 0 Å². The van der Waals surface area contributed by atoms with E-state index >= 15 is 0 Å². The predicted molar refractivity (Wildman–Crippen MR) is 77.4 cm³/mol. The summed E-state index contributed by atoms with van der Waals surface area (Å²) < 4.78 is 1.74. The first kappa shape index (κ1) is 14.2. The minimum absolute atomic E-state index is 0.0347. The molecule has 20 heavy (non-hydrogen) atoms. The van der Waals surface area contributed by atoms with Gasteiger partial charge in [0.1, 0.15) is 5.69 Å². The molecule has 0 radical (unpaired) electrons. The molecule has 1 amide bonds. The van der Waals surface area contributed by atoms with Gasteiger partial charge in [-0.25, -0.2) is 0 Å². The standard InChI is InChI=1S/C15H20N4O/c1-11(2)19-14(7-9-17-19)15(20)18(4)12(3)13-6-5-8-16-10-13/h5-12H,1-4H3. The molecule has 2 aromatic heterocycles. The molecule has 0 bridgehead atoms. The third-order valence-corrected chi connectivity index (χ3v) is 3.45. The molecule has 5 heteroatoms. The fraction of sp³-hybridized carbons (Fsp3) is 0.400. The van der Waals surface area contributed by atoms with Crippen LogP contribution in [0.1, 0.15) is 48.9 Å². The van der Waals surface area contributed by atoms with Gasteiger partial charge in [-0.15, -0.1) is 0 Å². The van der Waals surface area contributed by atoms with E-state index in [4.69, 9.17) is 0 Å². The number of pyridine rings is 1. The summed E-state index contributed by atoms with van der Waals surface area (Å²) in [5.41, 5.74) is 1.62. The summed E-state index contributed by atoms with van der Waals surface area (Å²) in [6, 6.07) is 5.73. The second-order valence-electron chi connectivity index (χ2n) is 5.13. The van der Waals surface area contributed by atoms with Crippen LogP contribution in [0.4, 0.5) is 0 Å². The van der Waals surface area contributed by atoms with Crippen molar-refractivity contribution in [3.8, 4) is 0 Å². The van der Waals surface area contributed by atoms with Gasteiger partial charge in [-0.2, -0.15) is 5.10 Å². The van der Waals surface area contributed by atoms with Crippen molar-refractivity contribution in [2.45, 2.75) is 32.9 Å². The van der Waals surface area contributed by atoms with Gasteiger partial charge < -0.3 is 4.90 Å². The van der Waals surface area contributed by atoms with Crippen molar-refractivity contribution in [2.75, 3.05) is 7.05 Å². The Morgan fingerprint density at radius 2 is 2.00 bits per heavy atom. The van der Waals surface area contributed by atoms with Gasteiger partial charge in [-0.3, -0.25) is 14.5 Å². The fourth-order valence-electron chi connectivity index (χ4n) is 2.10. The van der Waals surface area contributed by atoms with Crippen LogP contribution in [0.5, 0.6) is 0 Å². The van der Waals surface area contributed by atoms with E-state index in [1.54, 1.807) is 41.3 Å². The molecule has 2 heterocycles. The number of carbonyl (C=O) groups excluding carboxylic acids is 1. The van der Waals surface area contributed by atoms with Crippen molar-refractivity contribution >= 4 is 5.91 Å². The highest BCUT2D eigenvalue weighted by Gasteiger charge is 2.22. The Morgan fingerprint density at radius 1 is 1.25 bits per heavy atom. The molecule has 0 aliphatic carbocycles. The van der Waals surface area contributed by atoms with Crippen LogP contribution >= 0.6 is 0 Å². The molecule has 0 saturated carbocycles. The van der Waals surface area contributed by atoms with Crippen molar-refractivity contribution in [3.05, 3.63) is 48.0 Å². The molecule has 0 fully saturated rings. The number of hydrogen-bond acceptors (Lipinski definition) is 3.